The van der Waals surface area contributed by atoms with Gasteiger partial charge in [-0.3, -0.25) is 9.00 Å². The van der Waals surface area contributed by atoms with Gasteiger partial charge in [0.1, 0.15) is 0 Å². The fourth-order valence-electron chi connectivity index (χ4n) is 1.83. The number of para-hydroxylation sites is 1. The standard InChI is InChI=1S/C13H16N2O2S/c1-18(17)8-4-7-14-13(16)11-9-15-12-6-3-2-5-10(11)12/h2-3,5-6,9,15H,4,7-8H2,1H3,(H,14,16). The molecule has 1 aromatic heterocycles. The van der Waals surface area contributed by atoms with Gasteiger partial charge in [-0.05, 0) is 12.5 Å². The van der Waals surface area contributed by atoms with E-state index in [0.717, 1.165) is 17.3 Å². The summed E-state index contributed by atoms with van der Waals surface area (Å²) in [5.41, 5.74) is 1.61. The SMILES string of the molecule is CS(=O)CCCNC(=O)c1c[nH]c2ccccc12. The summed E-state index contributed by atoms with van der Waals surface area (Å²) in [7, 11) is -0.797. The lowest BCUT2D eigenvalue weighted by molar-refractivity contribution is 0.0955. The molecule has 0 aliphatic rings. The first-order chi connectivity index (χ1) is 8.68. The van der Waals surface area contributed by atoms with Crippen molar-refractivity contribution < 1.29 is 9.00 Å². The van der Waals surface area contributed by atoms with Gasteiger partial charge in [-0.25, -0.2) is 0 Å². The van der Waals surface area contributed by atoms with Gasteiger partial charge in [-0.1, -0.05) is 18.2 Å². The molecule has 0 bridgehead atoms. The first-order valence-electron chi connectivity index (χ1n) is 5.83. The minimum Gasteiger partial charge on any atom is -0.360 e. The normalized spacial score (nSPS) is 12.5. The number of hydrogen-bond donors (Lipinski definition) is 2. The van der Waals surface area contributed by atoms with E-state index in [1.807, 2.05) is 24.3 Å². The van der Waals surface area contributed by atoms with Gasteiger partial charge in [-0.15, -0.1) is 0 Å². The van der Waals surface area contributed by atoms with Crippen molar-refractivity contribution >= 4 is 27.6 Å². The fourth-order valence-corrected chi connectivity index (χ4v) is 2.38. The quantitative estimate of drug-likeness (QED) is 0.807. The minimum absolute atomic E-state index is 0.0886. The molecule has 4 nitrogen and oxygen atoms in total. The molecule has 0 saturated heterocycles. The van der Waals surface area contributed by atoms with E-state index in [1.54, 1.807) is 12.5 Å². The molecule has 0 aliphatic heterocycles. The van der Waals surface area contributed by atoms with E-state index < -0.39 is 10.8 Å². The Morgan fingerprint density at radius 3 is 2.94 bits per heavy atom. The lowest BCUT2D eigenvalue weighted by atomic mass is 10.1. The highest BCUT2D eigenvalue weighted by molar-refractivity contribution is 7.84. The average molecular weight is 264 g/mol. The van der Waals surface area contributed by atoms with Gasteiger partial charge >= 0.3 is 0 Å². The van der Waals surface area contributed by atoms with Crippen LogP contribution in [-0.4, -0.2) is 33.7 Å². The molecule has 18 heavy (non-hydrogen) atoms. The summed E-state index contributed by atoms with van der Waals surface area (Å²) in [4.78, 5) is 15.0. The summed E-state index contributed by atoms with van der Waals surface area (Å²) in [6.07, 6.45) is 4.12. The maximum atomic E-state index is 12.0. The molecule has 0 saturated carbocycles. The van der Waals surface area contributed by atoms with Gasteiger partial charge < -0.3 is 10.3 Å². The second-order valence-corrected chi connectivity index (χ2v) is 5.69. The van der Waals surface area contributed by atoms with Crippen LogP contribution in [-0.2, 0) is 10.8 Å². The lowest BCUT2D eigenvalue weighted by Crippen LogP contribution is -2.25. The van der Waals surface area contributed by atoms with E-state index in [4.69, 9.17) is 0 Å². The highest BCUT2D eigenvalue weighted by Gasteiger charge is 2.10. The smallest absolute Gasteiger partial charge is 0.253 e. The van der Waals surface area contributed by atoms with E-state index in [0.29, 0.717) is 17.9 Å². The number of hydrogen-bond acceptors (Lipinski definition) is 2. The number of rotatable bonds is 5. The first-order valence-corrected chi connectivity index (χ1v) is 7.55. The predicted octanol–water partition coefficient (Wildman–Crippen LogP) is 1.67. The zero-order chi connectivity index (χ0) is 13.0. The second-order valence-electron chi connectivity index (χ2n) is 4.13. The van der Waals surface area contributed by atoms with Crippen LogP contribution >= 0.6 is 0 Å². The van der Waals surface area contributed by atoms with Gasteiger partial charge in [0.05, 0.1) is 5.56 Å². The molecule has 0 radical (unpaired) electrons. The third kappa shape index (κ3) is 2.98. The number of carbonyl (C=O) groups excluding carboxylic acids is 1. The molecule has 1 unspecified atom stereocenters. The Balaban J connectivity index is 1.99. The Morgan fingerprint density at radius 1 is 1.39 bits per heavy atom. The number of H-pyrrole nitrogens is 1. The number of carbonyl (C=O) groups is 1. The zero-order valence-corrected chi connectivity index (χ0v) is 11.0. The average Bonchev–Trinajstić information content (AvgIpc) is 2.78. The van der Waals surface area contributed by atoms with Gasteiger partial charge in [0.2, 0.25) is 0 Å². The van der Waals surface area contributed by atoms with Gasteiger partial charge in [0.15, 0.2) is 0 Å². The maximum absolute atomic E-state index is 12.0. The van der Waals surface area contributed by atoms with E-state index in [9.17, 15) is 9.00 Å². The Labute approximate surface area is 108 Å². The van der Waals surface area contributed by atoms with Crippen molar-refractivity contribution in [1.82, 2.24) is 10.3 Å². The molecule has 2 aromatic rings. The molecule has 1 amide bonds. The maximum Gasteiger partial charge on any atom is 0.253 e. The van der Waals surface area contributed by atoms with Crippen molar-refractivity contribution in [2.45, 2.75) is 6.42 Å². The van der Waals surface area contributed by atoms with Gasteiger partial charge in [0.25, 0.3) is 5.91 Å². The molecule has 2 N–H and O–H groups in total. The van der Waals surface area contributed by atoms with Crippen LogP contribution in [0, 0.1) is 0 Å². The van der Waals surface area contributed by atoms with Crippen molar-refractivity contribution in [2.24, 2.45) is 0 Å². The van der Waals surface area contributed by atoms with Crippen molar-refractivity contribution in [1.29, 1.82) is 0 Å². The highest BCUT2D eigenvalue weighted by atomic mass is 32.2. The second kappa shape index (κ2) is 5.82. The van der Waals surface area contributed by atoms with Crippen LogP contribution < -0.4 is 5.32 Å². The number of fused-ring (bicyclic) bond motifs is 1. The topological polar surface area (TPSA) is 62.0 Å². The molecule has 0 fully saturated rings. The summed E-state index contributed by atoms with van der Waals surface area (Å²) in [6, 6.07) is 7.69. The van der Waals surface area contributed by atoms with E-state index in [2.05, 4.69) is 10.3 Å². The number of nitrogens with one attached hydrogen (secondary N) is 2. The summed E-state index contributed by atoms with van der Waals surface area (Å²) in [5, 5.41) is 3.76. The van der Waals surface area contributed by atoms with Crippen molar-refractivity contribution in [3.8, 4) is 0 Å². The molecule has 1 atom stereocenters. The van der Waals surface area contributed by atoms with Gasteiger partial charge in [0, 0.05) is 46.5 Å². The Morgan fingerprint density at radius 2 is 2.17 bits per heavy atom. The fraction of sp³-hybridized carbons (Fsp3) is 0.308. The van der Waals surface area contributed by atoms with Crippen LogP contribution in [0.2, 0.25) is 0 Å². The molecule has 1 heterocycles. The first kappa shape index (κ1) is 12.8. The summed E-state index contributed by atoms with van der Waals surface area (Å²) < 4.78 is 10.9. The van der Waals surface area contributed by atoms with Crippen LogP contribution in [0.25, 0.3) is 10.9 Å². The third-order valence-electron chi connectivity index (χ3n) is 2.73. The number of benzene rings is 1. The molecule has 0 spiro atoms. The number of amides is 1. The van der Waals surface area contributed by atoms with E-state index in [1.165, 1.54) is 0 Å². The van der Waals surface area contributed by atoms with E-state index >= 15 is 0 Å². The molecule has 1 aromatic carbocycles. The van der Waals surface area contributed by atoms with Crippen molar-refractivity contribution in [2.75, 3.05) is 18.6 Å². The van der Waals surface area contributed by atoms with Crippen molar-refractivity contribution in [3.63, 3.8) is 0 Å². The monoisotopic (exact) mass is 264 g/mol. The highest BCUT2D eigenvalue weighted by Crippen LogP contribution is 2.17. The minimum atomic E-state index is -0.797. The molecule has 0 aliphatic carbocycles. The largest absolute Gasteiger partial charge is 0.360 e. The molecule has 5 heteroatoms. The third-order valence-corrected chi connectivity index (χ3v) is 3.59. The summed E-state index contributed by atoms with van der Waals surface area (Å²) in [6.45, 7) is 0.553. The van der Waals surface area contributed by atoms with Gasteiger partial charge in [-0.2, -0.15) is 0 Å². The summed E-state index contributed by atoms with van der Waals surface area (Å²) in [5.74, 6) is 0.531. The molecular formula is C13H16N2O2S. The van der Waals surface area contributed by atoms with Crippen molar-refractivity contribution in [3.05, 3.63) is 36.0 Å². The van der Waals surface area contributed by atoms with Crippen LogP contribution in [0.5, 0.6) is 0 Å². The molecule has 2 rings (SSSR count). The zero-order valence-electron chi connectivity index (χ0n) is 10.2. The van der Waals surface area contributed by atoms with Crippen LogP contribution in [0.3, 0.4) is 0 Å². The lowest BCUT2D eigenvalue weighted by Gasteiger charge is -2.03. The van der Waals surface area contributed by atoms with E-state index in [-0.39, 0.29) is 5.91 Å². The molecular weight excluding hydrogens is 248 g/mol. The summed E-state index contributed by atoms with van der Waals surface area (Å²) >= 11 is 0. The predicted molar refractivity (Wildman–Crippen MR) is 74.2 cm³/mol. The Bertz CT molecular complexity index is 577. The van der Waals surface area contributed by atoms with Crippen LogP contribution in [0.1, 0.15) is 16.8 Å². The Hall–Kier alpha value is -1.62. The van der Waals surface area contributed by atoms with Crippen LogP contribution in [0.15, 0.2) is 30.5 Å². The number of aromatic nitrogens is 1. The number of aromatic amines is 1. The molecule has 96 valence electrons. The Kier molecular flexibility index (Phi) is 4.15. The van der Waals surface area contributed by atoms with Crippen LogP contribution in [0.4, 0.5) is 0 Å².